The second-order valence-corrected chi connectivity index (χ2v) is 9.41. The molecule has 8 heteroatoms. The monoisotopic (exact) mass is 477 g/mol. The highest BCUT2D eigenvalue weighted by atomic mass is 35.5. The molecule has 0 saturated carbocycles. The zero-order valence-corrected chi connectivity index (χ0v) is 19.6. The lowest BCUT2D eigenvalue weighted by molar-refractivity contribution is 0.0982. The number of carbonyl (C=O) groups excluding carboxylic acids is 1. The first kappa shape index (κ1) is 21.6. The number of nitrogens with zero attached hydrogens (tertiary/aromatic N) is 3. The molecule has 1 amide bonds. The SMILES string of the molecule is CN(C)CCN(C(=O)c1cc2c(ccc3ccccc32)oc1=O)c1nc2c(Cl)cccc2s1. The predicted octanol–water partition coefficient (Wildman–Crippen LogP) is 5.42. The second kappa shape index (κ2) is 8.59. The summed E-state index contributed by atoms with van der Waals surface area (Å²) in [6, 6.07) is 18.6. The van der Waals surface area contributed by atoms with Crippen molar-refractivity contribution in [1.29, 1.82) is 0 Å². The van der Waals surface area contributed by atoms with Crippen LogP contribution >= 0.6 is 22.9 Å². The first-order valence-corrected chi connectivity index (χ1v) is 11.6. The molecule has 0 unspecified atom stereocenters. The van der Waals surface area contributed by atoms with Gasteiger partial charge in [-0.05, 0) is 49.1 Å². The highest BCUT2D eigenvalue weighted by molar-refractivity contribution is 7.22. The van der Waals surface area contributed by atoms with Gasteiger partial charge in [0.25, 0.3) is 5.91 Å². The van der Waals surface area contributed by atoms with E-state index in [1.54, 1.807) is 18.2 Å². The molecule has 3 aromatic carbocycles. The van der Waals surface area contributed by atoms with Gasteiger partial charge in [0.05, 0.1) is 9.72 Å². The number of halogens is 1. The molecule has 5 rings (SSSR count). The summed E-state index contributed by atoms with van der Waals surface area (Å²) in [5, 5.41) is 3.65. The number of carbonyl (C=O) groups is 1. The van der Waals surface area contributed by atoms with E-state index < -0.39 is 11.5 Å². The van der Waals surface area contributed by atoms with Crippen molar-refractivity contribution >= 4 is 65.9 Å². The molecule has 0 fully saturated rings. The van der Waals surface area contributed by atoms with Gasteiger partial charge in [-0.1, -0.05) is 59.3 Å². The smallest absolute Gasteiger partial charge is 0.349 e. The topological polar surface area (TPSA) is 66.7 Å². The average Bonchev–Trinajstić information content (AvgIpc) is 3.23. The second-order valence-electron chi connectivity index (χ2n) is 7.99. The predicted molar refractivity (Wildman–Crippen MR) is 135 cm³/mol. The summed E-state index contributed by atoms with van der Waals surface area (Å²) in [6.07, 6.45) is 0. The number of fused-ring (bicyclic) bond motifs is 4. The zero-order valence-electron chi connectivity index (χ0n) is 18.0. The number of rotatable bonds is 5. The van der Waals surface area contributed by atoms with Crippen molar-refractivity contribution in [2.24, 2.45) is 0 Å². The van der Waals surface area contributed by atoms with E-state index in [4.69, 9.17) is 16.0 Å². The van der Waals surface area contributed by atoms with Crippen molar-refractivity contribution < 1.29 is 9.21 Å². The molecule has 0 N–H and O–H groups in total. The average molecular weight is 478 g/mol. The van der Waals surface area contributed by atoms with Crippen LogP contribution in [0.1, 0.15) is 10.4 Å². The molecule has 0 aliphatic carbocycles. The van der Waals surface area contributed by atoms with Crippen LogP contribution in [-0.2, 0) is 0 Å². The Hall–Kier alpha value is -3.26. The Morgan fingerprint density at radius 3 is 2.64 bits per heavy atom. The minimum Gasteiger partial charge on any atom is -0.422 e. The van der Waals surface area contributed by atoms with Crippen LogP contribution in [0.3, 0.4) is 0 Å². The molecule has 0 saturated heterocycles. The van der Waals surface area contributed by atoms with Crippen LogP contribution in [0.4, 0.5) is 5.13 Å². The van der Waals surface area contributed by atoms with Crippen molar-refractivity contribution in [2.45, 2.75) is 0 Å². The molecule has 166 valence electrons. The Bertz CT molecular complexity index is 1570. The quantitative estimate of drug-likeness (QED) is 0.250. The maximum absolute atomic E-state index is 13.7. The molecule has 0 aliphatic heterocycles. The Morgan fingerprint density at radius 1 is 1.03 bits per heavy atom. The molecule has 6 nitrogen and oxygen atoms in total. The lowest BCUT2D eigenvalue weighted by atomic mass is 10.0. The molecular formula is C25H20ClN3O3S. The molecule has 0 radical (unpaired) electrons. The normalized spacial score (nSPS) is 11.6. The number of hydrogen-bond acceptors (Lipinski definition) is 6. The van der Waals surface area contributed by atoms with Gasteiger partial charge >= 0.3 is 5.63 Å². The molecule has 5 aromatic rings. The van der Waals surface area contributed by atoms with Crippen LogP contribution in [0.15, 0.2) is 69.9 Å². The van der Waals surface area contributed by atoms with Gasteiger partial charge in [-0.2, -0.15) is 0 Å². The van der Waals surface area contributed by atoms with Crippen LogP contribution in [-0.4, -0.2) is 43.0 Å². The third kappa shape index (κ3) is 3.99. The number of para-hydroxylation sites is 1. The Kier molecular flexibility index (Phi) is 5.62. The van der Waals surface area contributed by atoms with Crippen LogP contribution < -0.4 is 10.5 Å². The molecule has 0 atom stereocenters. The summed E-state index contributed by atoms with van der Waals surface area (Å²) in [5.74, 6) is -0.449. The van der Waals surface area contributed by atoms with Crippen molar-refractivity contribution in [3.63, 3.8) is 0 Å². The van der Waals surface area contributed by atoms with Crippen molar-refractivity contribution in [3.8, 4) is 0 Å². The summed E-state index contributed by atoms with van der Waals surface area (Å²) >= 11 is 7.68. The lowest BCUT2D eigenvalue weighted by Gasteiger charge is -2.21. The van der Waals surface area contributed by atoms with Crippen molar-refractivity contribution in [1.82, 2.24) is 9.88 Å². The van der Waals surface area contributed by atoms with Gasteiger partial charge in [-0.15, -0.1) is 0 Å². The molecule has 2 heterocycles. The van der Waals surface area contributed by atoms with E-state index in [-0.39, 0.29) is 5.56 Å². The van der Waals surface area contributed by atoms with E-state index in [0.29, 0.717) is 34.3 Å². The maximum atomic E-state index is 13.7. The number of thiazole rings is 1. The van der Waals surface area contributed by atoms with E-state index in [1.807, 2.05) is 61.5 Å². The Labute approximate surface area is 198 Å². The minimum absolute atomic E-state index is 0.0250. The van der Waals surface area contributed by atoms with Gasteiger partial charge < -0.3 is 9.32 Å². The van der Waals surface area contributed by atoms with Crippen molar-refractivity contribution in [3.05, 3.63) is 81.7 Å². The van der Waals surface area contributed by atoms with Crippen LogP contribution in [0, 0.1) is 0 Å². The van der Waals surface area contributed by atoms with E-state index in [2.05, 4.69) is 4.98 Å². The highest BCUT2D eigenvalue weighted by Gasteiger charge is 2.25. The molecule has 33 heavy (non-hydrogen) atoms. The molecule has 2 aromatic heterocycles. The van der Waals surface area contributed by atoms with E-state index in [9.17, 15) is 9.59 Å². The number of amides is 1. The molecule has 0 aliphatic rings. The van der Waals surface area contributed by atoms with Crippen molar-refractivity contribution in [2.75, 3.05) is 32.1 Å². The Balaban J connectivity index is 1.65. The third-order valence-corrected chi connectivity index (χ3v) is 6.83. The molecular weight excluding hydrogens is 458 g/mol. The number of anilines is 1. The van der Waals surface area contributed by atoms with Gasteiger partial charge in [-0.25, -0.2) is 9.78 Å². The van der Waals surface area contributed by atoms with Gasteiger partial charge in [-0.3, -0.25) is 9.69 Å². The summed E-state index contributed by atoms with van der Waals surface area (Å²) in [5.41, 5.74) is 0.389. The summed E-state index contributed by atoms with van der Waals surface area (Å²) in [7, 11) is 3.85. The fourth-order valence-corrected chi connectivity index (χ4v) is 5.06. The fourth-order valence-electron chi connectivity index (χ4n) is 3.77. The van der Waals surface area contributed by atoms with Gasteiger partial charge in [0.2, 0.25) is 0 Å². The lowest BCUT2D eigenvalue weighted by Crippen LogP contribution is -2.38. The highest BCUT2D eigenvalue weighted by Crippen LogP contribution is 2.33. The first-order chi connectivity index (χ1) is 15.9. The minimum atomic E-state index is -0.670. The largest absolute Gasteiger partial charge is 0.422 e. The number of hydrogen-bond donors (Lipinski definition) is 0. The van der Waals surface area contributed by atoms with Gasteiger partial charge in [0.15, 0.2) is 5.13 Å². The summed E-state index contributed by atoms with van der Waals surface area (Å²) < 4.78 is 6.43. The maximum Gasteiger partial charge on any atom is 0.349 e. The first-order valence-electron chi connectivity index (χ1n) is 10.4. The zero-order chi connectivity index (χ0) is 23.1. The number of benzene rings is 3. The third-order valence-electron chi connectivity index (χ3n) is 5.48. The van der Waals surface area contributed by atoms with Gasteiger partial charge in [0.1, 0.15) is 16.7 Å². The van der Waals surface area contributed by atoms with Gasteiger partial charge in [0, 0.05) is 18.5 Å². The van der Waals surface area contributed by atoms with Crippen LogP contribution in [0.2, 0.25) is 5.02 Å². The fraction of sp³-hybridized carbons (Fsp3) is 0.160. The summed E-state index contributed by atoms with van der Waals surface area (Å²) in [4.78, 5) is 34.7. The molecule has 0 spiro atoms. The molecule has 0 bridgehead atoms. The number of likely N-dealkylation sites (N-methyl/N-ethyl adjacent to an activating group) is 1. The standard InChI is InChI=1S/C25H20ClN3O3S/c1-28(2)12-13-29(25-27-22-19(26)8-5-9-21(22)33-25)23(30)18-14-17-16-7-4-3-6-15(16)10-11-20(17)32-24(18)31/h3-11,14H,12-13H2,1-2H3. The van der Waals surface area contributed by atoms with Crippen LogP contribution in [0.25, 0.3) is 32.0 Å². The van der Waals surface area contributed by atoms with E-state index in [1.165, 1.54) is 16.2 Å². The van der Waals surface area contributed by atoms with E-state index >= 15 is 0 Å². The Morgan fingerprint density at radius 2 is 1.85 bits per heavy atom. The van der Waals surface area contributed by atoms with Crippen LogP contribution in [0.5, 0.6) is 0 Å². The van der Waals surface area contributed by atoms with E-state index in [0.717, 1.165) is 20.9 Å². The number of aromatic nitrogens is 1. The summed E-state index contributed by atoms with van der Waals surface area (Å²) in [6.45, 7) is 0.952.